The minimum atomic E-state index is -0.779. The van der Waals surface area contributed by atoms with E-state index in [9.17, 15) is 4.79 Å². The summed E-state index contributed by atoms with van der Waals surface area (Å²) in [6, 6.07) is 7.90. The number of hydrogen-bond donors (Lipinski definition) is 1. The zero-order valence-corrected chi connectivity index (χ0v) is 11.0. The summed E-state index contributed by atoms with van der Waals surface area (Å²) in [5.74, 6) is -0.000926. The molecule has 19 heavy (non-hydrogen) atoms. The van der Waals surface area contributed by atoms with E-state index in [1.165, 1.54) is 17.6 Å². The average Bonchev–Trinajstić information content (AvgIpc) is 2.96. The van der Waals surface area contributed by atoms with Crippen molar-refractivity contribution in [2.45, 2.75) is 44.3 Å². The van der Waals surface area contributed by atoms with Crippen LogP contribution in [0.2, 0.25) is 0 Å². The normalized spacial score (nSPS) is 32.5. The molecule has 0 saturated heterocycles. The number of amides is 1. The van der Waals surface area contributed by atoms with Gasteiger partial charge in [-0.05, 0) is 37.8 Å². The van der Waals surface area contributed by atoms with Crippen LogP contribution in [0.15, 0.2) is 35.4 Å². The predicted octanol–water partition coefficient (Wildman–Crippen LogP) is 3.12. The van der Waals surface area contributed by atoms with Crippen LogP contribution < -0.4 is 5.32 Å². The highest BCUT2D eigenvalue weighted by molar-refractivity contribution is 6.05. The lowest BCUT2D eigenvalue weighted by Gasteiger charge is -2.37. The zero-order chi connectivity index (χ0) is 13.0. The van der Waals surface area contributed by atoms with Crippen molar-refractivity contribution in [3.63, 3.8) is 0 Å². The summed E-state index contributed by atoms with van der Waals surface area (Å²) in [6.45, 7) is 2.08. The Balaban J connectivity index is 1.85. The molecule has 0 aromatic heterocycles. The van der Waals surface area contributed by atoms with Crippen LogP contribution in [0, 0.1) is 0 Å². The summed E-state index contributed by atoms with van der Waals surface area (Å²) in [4.78, 5) is 12.5. The maximum atomic E-state index is 12.5. The van der Waals surface area contributed by atoms with Gasteiger partial charge in [-0.25, -0.2) is 0 Å². The van der Waals surface area contributed by atoms with Crippen LogP contribution in [0.4, 0.5) is 5.69 Å². The zero-order valence-electron chi connectivity index (χ0n) is 11.0. The fourth-order valence-electron chi connectivity index (χ4n) is 3.82. The minimum Gasteiger partial charge on any atom is -0.353 e. The molecule has 1 amide bonds. The molecule has 0 fully saturated rings. The lowest BCUT2D eigenvalue weighted by molar-refractivity contribution is -0.148. The molecule has 1 aromatic rings. The van der Waals surface area contributed by atoms with Gasteiger partial charge in [0.05, 0.1) is 6.10 Å². The van der Waals surface area contributed by atoms with E-state index in [2.05, 4.69) is 12.2 Å². The highest BCUT2D eigenvalue weighted by Crippen LogP contribution is 2.50. The van der Waals surface area contributed by atoms with Crippen molar-refractivity contribution in [1.82, 2.24) is 0 Å². The van der Waals surface area contributed by atoms with Gasteiger partial charge in [0.2, 0.25) is 0 Å². The molecule has 0 bridgehead atoms. The molecule has 2 atom stereocenters. The summed E-state index contributed by atoms with van der Waals surface area (Å²) < 4.78 is 6.22. The Kier molecular flexibility index (Phi) is 2.19. The summed E-state index contributed by atoms with van der Waals surface area (Å²) in [6.07, 6.45) is 4.26. The second kappa shape index (κ2) is 3.70. The van der Waals surface area contributed by atoms with E-state index in [0.717, 1.165) is 30.5 Å². The SMILES string of the molecule is C[C@H]1O[C@@]2(CC3=C1CCC3)C(=O)Nc1ccccc12. The van der Waals surface area contributed by atoms with Crippen LogP contribution >= 0.6 is 0 Å². The molecule has 3 heteroatoms. The number of anilines is 1. The molecule has 4 rings (SSSR count). The van der Waals surface area contributed by atoms with E-state index in [-0.39, 0.29) is 12.0 Å². The van der Waals surface area contributed by atoms with E-state index in [4.69, 9.17) is 4.74 Å². The van der Waals surface area contributed by atoms with Crippen molar-refractivity contribution in [2.24, 2.45) is 0 Å². The average molecular weight is 255 g/mol. The summed E-state index contributed by atoms with van der Waals surface area (Å²) in [5.41, 5.74) is 4.01. The fraction of sp³-hybridized carbons (Fsp3) is 0.438. The summed E-state index contributed by atoms with van der Waals surface area (Å²) in [5, 5.41) is 2.97. The van der Waals surface area contributed by atoms with E-state index in [0.29, 0.717) is 0 Å². The lowest BCUT2D eigenvalue weighted by Crippen LogP contribution is -2.43. The third-order valence-electron chi connectivity index (χ3n) is 4.69. The molecular formula is C16H17NO2. The molecule has 2 heterocycles. The Morgan fingerprint density at radius 3 is 3.05 bits per heavy atom. The molecule has 2 aliphatic heterocycles. The smallest absolute Gasteiger partial charge is 0.261 e. The van der Waals surface area contributed by atoms with Gasteiger partial charge >= 0.3 is 0 Å². The number of nitrogens with one attached hydrogen (secondary N) is 1. The first kappa shape index (κ1) is 11.2. The molecule has 3 aliphatic rings. The molecule has 0 radical (unpaired) electrons. The van der Waals surface area contributed by atoms with Crippen LogP contribution in [0.1, 0.15) is 38.2 Å². The van der Waals surface area contributed by atoms with Gasteiger partial charge in [-0.2, -0.15) is 0 Å². The fourth-order valence-corrected chi connectivity index (χ4v) is 3.82. The van der Waals surface area contributed by atoms with Gasteiger partial charge in [-0.1, -0.05) is 23.8 Å². The number of ether oxygens (including phenoxy) is 1. The second-order valence-corrected chi connectivity index (χ2v) is 5.75. The van der Waals surface area contributed by atoms with Crippen LogP contribution in [0.3, 0.4) is 0 Å². The van der Waals surface area contributed by atoms with Crippen molar-refractivity contribution in [3.8, 4) is 0 Å². The molecular weight excluding hydrogens is 238 g/mol. The number of carbonyl (C=O) groups excluding carboxylic acids is 1. The first-order chi connectivity index (χ1) is 9.21. The molecule has 0 saturated carbocycles. The lowest BCUT2D eigenvalue weighted by atomic mass is 9.83. The third kappa shape index (κ3) is 1.39. The maximum Gasteiger partial charge on any atom is 0.261 e. The highest BCUT2D eigenvalue weighted by Gasteiger charge is 2.52. The van der Waals surface area contributed by atoms with Crippen LogP contribution in [0.25, 0.3) is 0 Å². The van der Waals surface area contributed by atoms with Crippen LogP contribution in [-0.2, 0) is 15.1 Å². The Hall–Kier alpha value is -1.61. The van der Waals surface area contributed by atoms with Crippen molar-refractivity contribution in [1.29, 1.82) is 0 Å². The summed E-state index contributed by atoms with van der Waals surface area (Å²) >= 11 is 0. The third-order valence-corrected chi connectivity index (χ3v) is 4.69. The molecule has 1 N–H and O–H groups in total. The first-order valence-corrected chi connectivity index (χ1v) is 7.00. The number of carbonyl (C=O) groups is 1. The minimum absolute atomic E-state index is 0.000926. The van der Waals surface area contributed by atoms with Crippen molar-refractivity contribution >= 4 is 11.6 Å². The predicted molar refractivity (Wildman–Crippen MR) is 72.8 cm³/mol. The van der Waals surface area contributed by atoms with E-state index in [1.807, 2.05) is 24.3 Å². The second-order valence-electron chi connectivity index (χ2n) is 5.75. The van der Waals surface area contributed by atoms with Crippen molar-refractivity contribution < 1.29 is 9.53 Å². The van der Waals surface area contributed by atoms with E-state index in [1.54, 1.807) is 0 Å². The number of hydrogen-bond acceptors (Lipinski definition) is 2. The Bertz CT molecular complexity index is 605. The van der Waals surface area contributed by atoms with Gasteiger partial charge < -0.3 is 10.1 Å². The molecule has 1 spiro atoms. The standard InChI is InChI=1S/C16H17NO2/c1-10-12-6-4-5-11(12)9-16(19-10)13-7-2-3-8-14(13)17-15(16)18/h2-3,7-8,10H,4-6,9H2,1H3,(H,17,18)/t10-,16-/m1/s1. The van der Waals surface area contributed by atoms with Gasteiger partial charge in [0.1, 0.15) is 0 Å². The molecule has 1 aliphatic carbocycles. The largest absolute Gasteiger partial charge is 0.353 e. The number of fused-ring (bicyclic) bond motifs is 2. The molecule has 1 aromatic carbocycles. The number of para-hydroxylation sites is 1. The van der Waals surface area contributed by atoms with E-state index >= 15 is 0 Å². The van der Waals surface area contributed by atoms with Crippen LogP contribution in [0.5, 0.6) is 0 Å². The topological polar surface area (TPSA) is 38.3 Å². The van der Waals surface area contributed by atoms with Gasteiger partial charge in [0, 0.05) is 17.7 Å². The quantitative estimate of drug-likeness (QED) is 0.723. The van der Waals surface area contributed by atoms with Gasteiger partial charge in [-0.15, -0.1) is 0 Å². The van der Waals surface area contributed by atoms with Crippen molar-refractivity contribution in [2.75, 3.05) is 5.32 Å². The highest BCUT2D eigenvalue weighted by atomic mass is 16.5. The first-order valence-electron chi connectivity index (χ1n) is 7.00. The van der Waals surface area contributed by atoms with Crippen LogP contribution in [-0.4, -0.2) is 12.0 Å². The van der Waals surface area contributed by atoms with Gasteiger partial charge in [0.25, 0.3) is 5.91 Å². The molecule has 0 unspecified atom stereocenters. The Labute approximate surface area is 112 Å². The van der Waals surface area contributed by atoms with Gasteiger partial charge in [0.15, 0.2) is 5.60 Å². The Morgan fingerprint density at radius 2 is 2.16 bits per heavy atom. The number of benzene rings is 1. The van der Waals surface area contributed by atoms with E-state index < -0.39 is 5.60 Å². The van der Waals surface area contributed by atoms with Gasteiger partial charge in [-0.3, -0.25) is 4.79 Å². The molecule has 3 nitrogen and oxygen atoms in total. The van der Waals surface area contributed by atoms with Crippen molar-refractivity contribution in [3.05, 3.63) is 41.0 Å². The monoisotopic (exact) mass is 255 g/mol. The summed E-state index contributed by atoms with van der Waals surface area (Å²) in [7, 11) is 0. The maximum absolute atomic E-state index is 12.5. The number of rotatable bonds is 0. The Morgan fingerprint density at radius 1 is 1.32 bits per heavy atom. The molecule has 98 valence electrons.